The minimum atomic E-state index is 0.428. The molecule has 1 N–H and O–H groups in total. The highest BCUT2D eigenvalue weighted by Crippen LogP contribution is 2.23. The Kier molecular flexibility index (Phi) is 4.57. The number of nitrogens with one attached hydrogen (secondary N) is 1. The summed E-state index contributed by atoms with van der Waals surface area (Å²) < 4.78 is 5.47. The fourth-order valence-corrected chi connectivity index (χ4v) is 2.70. The molecule has 1 saturated carbocycles. The van der Waals surface area contributed by atoms with Gasteiger partial charge in [-0.3, -0.25) is 0 Å². The van der Waals surface area contributed by atoms with Crippen LogP contribution in [0.15, 0.2) is 30.3 Å². The van der Waals surface area contributed by atoms with Crippen molar-refractivity contribution in [2.45, 2.75) is 50.8 Å². The molecule has 1 aliphatic rings. The molecule has 2 rings (SSSR count). The SMILES string of the molecule is COC1CCCC(N[C@@H](C)c2ccccc2)C1. The molecule has 1 aromatic rings. The standard InChI is InChI=1S/C15H23NO/c1-12(13-7-4-3-5-8-13)16-14-9-6-10-15(11-14)17-2/h3-5,7-8,12,14-16H,6,9-11H2,1-2H3/t12-,14?,15?/m0/s1. The van der Waals surface area contributed by atoms with E-state index in [0.717, 1.165) is 6.42 Å². The Bertz CT molecular complexity index is 325. The summed E-state index contributed by atoms with van der Waals surface area (Å²) in [6, 6.07) is 11.7. The molecule has 1 aliphatic carbocycles. The van der Waals surface area contributed by atoms with Crippen molar-refractivity contribution in [1.82, 2.24) is 5.32 Å². The van der Waals surface area contributed by atoms with Gasteiger partial charge in [-0.05, 0) is 38.2 Å². The van der Waals surface area contributed by atoms with Crippen molar-refractivity contribution in [1.29, 1.82) is 0 Å². The number of hydrogen-bond acceptors (Lipinski definition) is 2. The van der Waals surface area contributed by atoms with Gasteiger partial charge in [-0.2, -0.15) is 0 Å². The third-order valence-electron chi connectivity index (χ3n) is 3.74. The van der Waals surface area contributed by atoms with Gasteiger partial charge in [0.05, 0.1) is 6.10 Å². The van der Waals surface area contributed by atoms with Crippen LogP contribution in [0.25, 0.3) is 0 Å². The van der Waals surface area contributed by atoms with Crippen LogP contribution in [0.5, 0.6) is 0 Å². The highest BCUT2D eigenvalue weighted by atomic mass is 16.5. The average Bonchev–Trinajstić information content (AvgIpc) is 2.40. The van der Waals surface area contributed by atoms with E-state index in [9.17, 15) is 0 Å². The van der Waals surface area contributed by atoms with E-state index in [1.54, 1.807) is 0 Å². The minimum absolute atomic E-state index is 0.428. The molecule has 0 amide bonds. The molecule has 0 spiro atoms. The number of ether oxygens (including phenoxy) is 1. The van der Waals surface area contributed by atoms with E-state index in [2.05, 4.69) is 42.6 Å². The molecule has 2 unspecified atom stereocenters. The Morgan fingerprint density at radius 1 is 1.24 bits per heavy atom. The summed E-state index contributed by atoms with van der Waals surface area (Å²) in [5.74, 6) is 0. The summed E-state index contributed by atoms with van der Waals surface area (Å²) in [6.45, 7) is 2.24. The van der Waals surface area contributed by atoms with E-state index in [1.165, 1.54) is 24.8 Å². The van der Waals surface area contributed by atoms with Crippen molar-refractivity contribution in [3.63, 3.8) is 0 Å². The highest BCUT2D eigenvalue weighted by molar-refractivity contribution is 5.18. The monoisotopic (exact) mass is 233 g/mol. The summed E-state index contributed by atoms with van der Waals surface area (Å²) in [7, 11) is 1.83. The van der Waals surface area contributed by atoms with E-state index in [4.69, 9.17) is 4.74 Å². The van der Waals surface area contributed by atoms with Gasteiger partial charge in [0.15, 0.2) is 0 Å². The topological polar surface area (TPSA) is 21.3 Å². The first-order chi connectivity index (χ1) is 8.29. The summed E-state index contributed by atoms with van der Waals surface area (Å²) in [5, 5.41) is 3.72. The van der Waals surface area contributed by atoms with Gasteiger partial charge >= 0.3 is 0 Å². The predicted molar refractivity (Wildman–Crippen MR) is 71.0 cm³/mol. The number of methoxy groups -OCH3 is 1. The number of hydrogen-bond donors (Lipinski definition) is 1. The van der Waals surface area contributed by atoms with Gasteiger partial charge in [-0.15, -0.1) is 0 Å². The van der Waals surface area contributed by atoms with Gasteiger partial charge in [0.1, 0.15) is 0 Å². The average molecular weight is 233 g/mol. The normalized spacial score (nSPS) is 26.7. The molecule has 0 heterocycles. The Balaban J connectivity index is 1.88. The molecule has 1 aromatic carbocycles. The molecule has 94 valence electrons. The largest absolute Gasteiger partial charge is 0.381 e. The number of benzene rings is 1. The molecule has 2 heteroatoms. The van der Waals surface area contributed by atoms with Crippen molar-refractivity contribution in [2.24, 2.45) is 0 Å². The van der Waals surface area contributed by atoms with Crippen LogP contribution >= 0.6 is 0 Å². The van der Waals surface area contributed by atoms with Crippen LogP contribution in [0.2, 0.25) is 0 Å². The fourth-order valence-electron chi connectivity index (χ4n) is 2.70. The first-order valence-corrected chi connectivity index (χ1v) is 6.63. The van der Waals surface area contributed by atoms with Crippen molar-refractivity contribution in [3.05, 3.63) is 35.9 Å². The van der Waals surface area contributed by atoms with E-state index in [-0.39, 0.29) is 0 Å². The van der Waals surface area contributed by atoms with Crippen molar-refractivity contribution in [3.8, 4) is 0 Å². The molecule has 0 radical (unpaired) electrons. The van der Waals surface area contributed by atoms with E-state index in [0.29, 0.717) is 18.2 Å². The maximum atomic E-state index is 5.47. The summed E-state index contributed by atoms with van der Waals surface area (Å²) >= 11 is 0. The molecule has 0 bridgehead atoms. The Labute approximate surface area is 104 Å². The van der Waals surface area contributed by atoms with Gasteiger partial charge in [0, 0.05) is 19.2 Å². The van der Waals surface area contributed by atoms with Gasteiger partial charge in [-0.1, -0.05) is 30.3 Å². The summed E-state index contributed by atoms with van der Waals surface area (Å²) in [4.78, 5) is 0. The highest BCUT2D eigenvalue weighted by Gasteiger charge is 2.22. The lowest BCUT2D eigenvalue weighted by atomic mass is 9.92. The minimum Gasteiger partial charge on any atom is -0.381 e. The molecule has 1 fully saturated rings. The lowest BCUT2D eigenvalue weighted by Crippen LogP contribution is -2.38. The Morgan fingerprint density at radius 3 is 2.71 bits per heavy atom. The van der Waals surface area contributed by atoms with Crippen molar-refractivity contribution >= 4 is 0 Å². The third-order valence-corrected chi connectivity index (χ3v) is 3.74. The quantitative estimate of drug-likeness (QED) is 0.861. The van der Waals surface area contributed by atoms with Gasteiger partial charge in [0.25, 0.3) is 0 Å². The molecule has 0 saturated heterocycles. The third kappa shape index (κ3) is 3.55. The zero-order chi connectivity index (χ0) is 12.1. The van der Waals surface area contributed by atoms with E-state index < -0.39 is 0 Å². The lowest BCUT2D eigenvalue weighted by Gasteiger charge is -2.31. The van der Waals surface area contributed by atoms with Crippen LogP contribution in [0.1, 0.15) is 44.2 Å². The van der Waals surface area contributed by atoms with Crippen LogP contribution < -0.4 is 5.32 Å². The fraction of sp³-hybridized carbons (Fsp3) is 0.600. The first kappa shape index (κ1) is 12.6. The second-order valence-corrected chi connectivity index (χ2v) is 5.02. The van der Waals surface area contributed by atoms with Crippen LogP contribution in [0.3, 0.4) is 0 Å². The lowest BCUT2D eigenvalue weighted by molar-refractivity contribution is 0.0572. The van der Waals surface area contributed by atoms with Crippen LogP contribution in [-0.2, 0) is 4.74 Å². The van der Waals surface area contributed by atoms with Crippen molar-refractivity contribution in [2.75, 3.05) is 7.11 Å². The molecule has 2 nitrogen and oxygen atoms in total. The summed E-state index contributed by atoms with van der Waals surface area (Å²) in [6.07, 6.45) is 5.36. The van der Waals surface area contributed by atoms with Crippen molar-refractivity contribution < 1.29 is 4.74 Å². The molecular weight excluding hydrogens is 210 g/mol. The van der Waals surface area contributed by atoms with Gasteiger partial charge in [0.2, 0.25) is 0 Å². The van der Waals surface area contributed by atoms with Gasteiger partial charge in [-0.25, -0.2) is 0 Å². The van der Waals surface area contributed by atoms with E-state index >= 15 is 0 Å². The van der Waals surface area contributed by atoms with Crippen LogP contribution in [0.4, 0.5) is 0 Å². The van der Waals surface area contributed by atoms with Crippen LogP contribution in [-0.4, -0.2) is 19.3 Å². The first-order valence-electron chi connectivity index (χ1n) is 6.63. The maximum absolute atomic E-state index is 5.47. The maximum Gasteiger partial charge on any atom is 0.0586 e. The molecule has 0 aromatic heterocycles. The Morgan fingerprint density at radius 2 is 2.00 bits per heavy atom. The van der Waals surface area contributed by atoms with Gasteiger partial charge < -0.3 is 10.1 Å². The summed E-state index contributed by atoms with van der Waals surface area (Å²) in [5.41, 5.74) is 1.37. The number of rotatable bonds is 4. The molecular formula is C15H23NO. The molecule has 17 heavy (non-hydrogen) atoms. The molecule has 3 atom stereocenters. The second-order valence-electron chi connectivity index (χ2n) is 5.02. The second kappa shape index (κ2) is 6.18. The Hall–Kier alpha value is -0.860. The molecule has 0 aliphatic heterocycles. The van der Waals surface area contributed by atoms with E-state index in [1.807, 2.05) is 7.11 Å². The zero-order valence-corrected chi connectivity index (χ0v) is 10.9. The smallest absolute Gasteiger partial charge is 0.0586 e. The van der Waals surface area contributed by atoms with Crippen LogP contribution in [0, 0.1) is 0 Å². The zero-order valence-electron chi connectivity index (χ0n) is 10.9. The predicted octanol–water partition coefficient (Wildman–Crippen LogP) is 3.29.